The molecule has 0 aliphatic heterocycles. The summed E-state index contributed by atoms with van der Waals surface area (Å²) in [5.41, 5.74) is 3.27. The molecule has 24 heavy (non-hydrogen) atoms. The Hall–Kier alpha value is -1.99. The van der Waals surface area contributed by atoms with Crippen LogP contribution in [-0.4, -0.2) is 16.6 Å². The molecule has 0 aliphatic carbocycles. The molecule has 0 unspecified atom stereocenters. The first-order valence-corrected chi connectivity index (χ1v) is 8.85. The minimum absolute atomic E-state index is 0.233. The lowest BCUT2D eigenvalue weighted by Gasteiger charge is -2.04. The number of aryl methyl sites for hydroxylation is 2. The zero-order chi connectivity index (χ0) is 17.3. The number of rotatable bonds is 4. The third-order valence-electron chi connectivity index (χ3n) is 3.29. The Morgan fingerprint density at radius 1 is 1.17 bits per heavy atom. The van der Waals surface area contributed by atoms with Crippen molar-refractivity contribution in [3.63, 3.8) is 0 Å². The first-order valence-electron chi connectivity index (χ1n) is 7.16. The largest absolute Gasteiger partial charge is 0.298 e. The number of thiazole rings is 1. The number of amides is 1. The monoisotopic (exact) mass is 364 g/mol. The normalized spacial score (nSPS) is 11.2. The number of alkyl halides is 2. The van der Waals surface area contributed by atoms with Gasteiger partial charge in [-0.25, -0.2) is 4.98 Å². The lowest BCUT2D eigenvalue weighted by atomic mass is 10.1. The average Bonchev–Trinajstić information content (AvgIpc) is 2.87. The summed E-state index contributed by atoms with van der Waals surface area (Å²) in [6.45, 7) is 3.87. The van der Waals surface area contributed by atoms with Crippen molar-refractivity contribution < 1.29 is 13.6 Å². The van der Waals surface area contributed by atoms with Crippen molar-refractivity contribution in [2.24, 2.45) is 0 Å². The van der Waals surface area contributed by atoms with Gasteiger partial charge >= 0.3 is 0 Å². The van der Waals surface area contributed by atoms with Crippen molar-refractivity contribution in [2.45, 2.75) is 24.5 Å². The maximum absolute atomic E-state index is 12.4. The van der Waals surface area contributed by atoms with Crippen LogP contribution in [-0.2, 0) is 0 Å². The van der Waals surface area contributed by atoms with E-state index in [1.165, 1.54) is 11.3 Å². The van der Waals surface area contributed by atoms with Crippen molar-refractivity contribution in [1.29, 1.82) is 0 Å². The Kier molecular flexibility index (Phi) is 4.82. The maximum Gasteiger partial charge on any atom is 0.288 e. The SMILES string of the molecule is Cc1cc(C)cc(C(=O)Nc2nc3ccc(SC(F)F)cc3s2)c1. The highest BCUT2D eigenvalue weighted by Gasteiger charge is 2.12. The number of carbonyl (C=O) groups is 1. The second kappa shape index (κ2) is 6.86. The van der Waals surface area contributed by atoms with Crippen LogP contribution in [0, 0.1) is 13.8 Å². The van der Waals surface area contributed by atoms with Crippen LogP contribution < -0.4 is 5.32 Å². The lowest BCUT2D eigenvalue weighted by molar-refractivity contribution is 0.102. The average molecular weight is 364 g/mol. The summed E-state index contributed by atoms with van der Waals surface area (Å²) in [5, 5.41) is 3.23. The summed E-state index contributed by atoms with van der Waals surface area (Å²) >= 11 is 1.76. The van der Waals surface area contributed by atoms with E-state index in [4.69, 9.17) is 0 Å². The highest BCUT2D eigenvalue weighted by Crippen LogP contribution is 2.32. The molecule has 0 atom stereocenters. The standard InChI is InChI=1S/C17H14F2N2OS2/c1-9-5-10(2)7-11(6-9)15(22)21-17-20-13-4-3-12(23-16(18)19)8-14(13)24-17/h3-8,16H,1-2H3,(H,20,21,22). The van der Waals surface area contributed by atoms with Crippen LogP contribution in [0.2, 0.25) is 0 Å². The van der Waals surface area contributed by atoms with Gasteiger partial charge in [-0.3, -0.25) is 10.1 Å². The van der Waals surface area contributed by atoms with Gasteiger partial charge in [-0.15, -0.1) is 0 Å². The highest BCUT2D eigenvalue weighted by atomic mass is 32.2. The van der Waals surface area contributed by atoms with E-state index in [1.54, 1.807) is 18.2 Å². The second-order valence-corrected chi connectivity index (χ2v) is 7.45. The maximum atomic E-state index is 12.4. The topological polar surface area (TPSA) is 42.0 Å². The lowest BCUT2D eigenvalue weighted by Crippen LogP contribution is -2.12. The first-order chi connectivity index (χ1) is 11.4. The summed E-state index contributed by atoms with van der Waals surface area (Å²) < 4.78 is 25.6. The fraction of sp³-hybridized carbons (Fsp3) is 0.176. The number of anilines is 1. The molecule has 1 amide bonds. The number of aromatic nitrogens is 1. The van der Waals surface area contributed by atoms with E-state index in [1.807, 2.05) is 32.0 Å². The van der Waals surface area contributed by atoms with Crippen molar-refractivity contribution in [2.75, 3.05) is 5.32 Å². The number of hydrogen-bond donors (Lipinski definition) is 1. The number of carbonyl (C=O) groups excluding carboxylic acids is 1. The molecule has 0 radical (unpaired) electrons. The molecule has 0 saturated heterocycles. The number of nitrogens with one attached hydrogen (secondary N) is 1. The van der Waals surface area contributed by atoms with E-state index < -0.39 is 5.76 Å². The number of benzene rings is 2. The number of thioether (sulfide) groups is 1. The molecular formula is C17H14F2N2OS2. The zero-order valence-corrected chi connectivity index (χ0v) is 14.6. The molecule has 3 nitrogen and oxygen atoms in total. The van der Waals surface area contributed by atoms with Crippen molar-refractivity contribution >= 4 is 44.4 Å². The van der Waals surface area contributed by atoms with Crippen LogP contribution in [0.15, 0.2) is 41.3 Å². The van der Waals surface area contributed by atoms with E-state index in [2.05, 4.69) is 10.3 Å². The molecule has 0 saturated carbocycles. The van der Waals surface area contributed by atoms with Gasteiger partial charge in [0, 0.05) is 10.5 Å². The first kappa shape index (κ1) is 16.9. The molecule has 124 valence electrons. The molecule has 0 bridgehead atoms. The van der Waals surface area contributed by atoms with Gasteiger partial charge in [0.05, 0.1) is 10.2 Å². The predicted molar refractivity (Wildman–Crippen MR) is 95.4 cm³/mol. The zero-order valence-electron chi connectivity index (χ0n) is 13.0. The van der Waals surface area contributed by atoms with E-state index in [9.17, 15) is 13.6 Å². The Labute approximate surface area is 146 Å². The summed E-state index contributed by atoms with van der Waals surface area (Å²) in [6, 6.07) is 10.6. The summed E-state index contributed by atoms with van der Waals surface area (Å²) in [7, 11) is 0. The minimum Gasteiger partial charge on any atom is -0.298 e. The van der Waals surface area contributed by atoms with Gasteiger partial charge in [0.1, 0.15) is 0 Å². The molecule has 0 fully saturated rings. The van der Waals surface area contributed by atoms with Gasteiger partial charge in [0.15, 0.2) is 5.13 Å². The third-order valence-corrected chi connectivity index (χ3v) is 4.93. The van der Waals surface area contributed by atoms with Gasteiger partial charge in [-0.1, -0.05) is 40.3 Å². The molecule has 0 aliphatic rings. The smallest absolute Gasteiger partial charge is 0.288 e. The highest BCUT2D eigenvalue weighted by molar-refractivity contribution is 7.99. The van der Waals surface area contributed by atoms with E-state index in [0.717, 1.165) is 15.8 Å². The van der Waals surface area contributed by atoms with Crippen molar-refractivity contribution in [1.82, 2.24) is 4.98 Å². The number of fused-ring (bicyclic) bond motifs is 1. The predicted octanol–water partition coefficient (Wildman–Crippen LogP) is 5.48. The van der Waals surface area contributed by atoms with Crippen LogP contribution in [0.4, 0.5) is 13.9 Å². The van der Waals surface area contributed by atoms with Crippen LogP contribution in [0.3, 0.4) is 0 Å². The molecule has 1 aromatic heterocycles. The van der Waals surface area contributed by atoms with E-state index in [-0.39, 0.29) is 5.91 Å². The van der Waals surface area contributed by atoms with Gasteiger partial charge in [-0.2, -0.15) is 8.78 Å². The van der Waals surface area contributed by atoms with Gasteiger partial charge in [0.25, 0.3) is 11.7 Å². The van der Waals surface area contributed by atoms with Crippen LogP contribution in [0.1, 0.15) is 21.5 Å². The third kappa shape index (κ3) is 3.91. The van der Waals surface area contributed by atoms with Crippen molar-refractivity contribution in [3.05, 3.63) is 53.1 Å². The second-order valence-electron chi connectivity index (χ2n) is 5.36. The molecule has 1 N–H and O–H groups in total. The quantitative estimate of drug-likeness (QED) is 0.623. The van der Waals surface area contributed by atoms with Gasteiger partial charge in [-0.05, 0) is 44.2 Å². The Morgan fingerprint density at radius 2 is 1.88 bits per heavy atom. The fourth-order valence-corrected chi connectivity index (χ4v) is 3.92. The molecule has 1 heterocycles. The number of nitrogens with zero attached hydrogens (tertiary/aromatic N) is 1. The molecule has 7 heteroatoms. The molecule has 2 aromatic carbocycles. The number of hydrogen-bond acceptors (Lipinski definition) is 4. The summed E-state index contributed by atoms with van der Waals surface area (Å²) in [6.07, 6.45) is 0. The van der Waals surface area contributed by atoms with Crippen LogP contribution >= 0.6 is 23.1 Å². The Morgan fingerprint density at radius 3 is 2.54 bits per heavy atom. The molecular weight excluding hydrogens is 350 g/mol. The summed E-state index contributed by atoms with van der Waals surface area (Å²) in [5.74, 6) is -2.69. The van der Waals surface area contributed by atoms with Crippen LogP contribution in [0.25, 0.3) is 10.2 Å². The Balaban J connectivity index is 1.83. The van der Waals surface area contributed by atoms with Crippen LogP contribution in [0.5, 0.6) is 0 Å². The van der Waals surface area contributed by atoms with E-state index >= 15 is 0 Å². The molecule has 0 spiro atoms. The van der Waals surface area contributed by atoms with Gasteiger partial charge in [0.2, 0.25) is 0 Å². The Bertz CT molecular complexity index is 888. The molecule has 3 aromatic rings. The number of halogens is 2. The minimum atomic E-state index is -2.46. The van der Waals surface area contributed by atoms with E-state index in [0.29, 0.717) is 32.9 Å². The summed E-state index contributed by atoms with van der Waals surface area (Å²) in [4.78, 5) is 17.2. The molecule has 3 rings (SSSR count). The van der Waals surface area contributed by atoms with Gasteiger partial charge < -0.3 is 0 Å². The fourth-order valence-electron chi connectivity index (χ4n) is 2.41. The van der Waals surface area contributed by atoms with Crippen molar-refractivity contribution in [3.8, 4) is 0 Å².